The fraction of sp³-hybridized carbons (Fsp3) is 0.333. The van der Waals surface area contributed by atoms with Crippen LogP contribution < -0.4 is 5.32 Å². The maximum absolute atomic E-state index is 13.3. The summed E-state index contributed by atoms with van der Waals surface area (Å²) in [6.45, 7) is 3.05. The molecule has 1 unspecified atom stereocenters. The minimum Gasteiger partial charge on any atom is -0.309 e. The van der Waals surface area contributed by atoms with E-state index in [0.29, 0.717) is 0 Å². The van der Waals surface area contributed by atoms with Crippen molar-refractivity contribution in [3.05, 3.63) is 55.4 Å². The van der Waals surface area contributed by atoms with Crippen molar-refractivity contribution in [1.82, 2.24) is 5.32 Å². The molecule has 1 aromatic carbocycles. The van der Waals surface area contributed by atoms with Gasteiger partial charge >= 0.3 is 0 Å². The molecule has 1 heterocycles. The minimum absolute atomic E-state index is 0.158. The molecule has 108 valence electrons. The monoisotopic (exact) mass is 375 g/mol. The molecular weight excluding hydrogens is 361 g/mol. The average Bonchev–Trinajstić information content (AvgIpc) is 2.74. The molecule has 0 spiro atoms. The lowest BCUT2D eigenvalue weighted by Crippen LogP contribution is -2.23. The van der Waals surface area contributed by atoms with Crippen LogP contribution in [0, 0.1) is 5.82 Å². The number of rotatable bonds is 6. The van der Waals surface area contributed by atoms with E-state index in [9.17, 15) is 4.39 Å². The van der Waals surface area contributed by atoms with Crippen LogP contribution in [-0.2, 0) is 6.42 Å². The van der Waals surface area contributed by atoms with Crippen LogP contribution in [0.4, 0.5) is 4.39 Å². The third-order valence-electron chi connectivity index (χ3n) is 2.98. The van der Waals surface area contributed by atoms with Crippen LogP contribution >= 0.6 is 38.9 Å². The maximum atomic E-state index is 13.3. The Morgan fingerprint density at radius 1 is 1.40 bits per heavy atom. The van der Waals surface area contributed by atoms with E-state index in [1.807, 2.05) is 12.1 Å². The van der Waals surface area contributed by atoms with Crippen LogP contribution in [0.15, 0.2) is 34.8 Å². The molecular formula is C15H16BrClFNS. The first-order chi connectivity index (χ1) is 9.60. The maximum Gasteiger partial charge on any atom is 0.123 e. The number of thiophene rings is 1. The largest absolute Gasteiger partial charge is 0.309 e. The number of hydrogen-bond donors (Lipinski definition) is 1. The van der Waals surface area contributed by atoms with Gasteiger partial charge in [0.25, 0.3) is 0 Å². The SMILES string of the molecule is CCCNC(Cc1cccc(F)c1)c1cc(Br)c(Cl)s1. The lowest BCUT2D eigenvalue weighted by molar-refractivity contribution is 0.534. The standard InChI is InChI=1S/C15H16BrClFNS/c1-2-6-19-13(14-9-12(16)15(17)20-14)8-10-4-3-5-11(18)7-10/h3-5,7,9,13,19H,2,6,8H2,1H3. The molecule has 20 heavy (non-hydrogen) atoms. The van der Waals surface area contributed by atoms with Gasteiger partial charge in [0.1, 0.15) is 10.2 Å². The van der Waals surface area contributed by atoms with E-state index in [1.165, 1.54) is 10.9 Å². The summed E-state index contributed by atoms with van der Waals surface area (Å²) in [7, 11) is 0. The molecule has 0 saturated carbocycles. The summed E-state index contributed by atoms with van der Waals surface area (Å²) in [5, 5.41) is 3.50. The summed E-state index contributed by atoms with van der Waals surface area (Å²) in [6, 6.07) is 8.96. The zero-order valence-corrected chi connectivity index (χ0v) is 14.3. The van der Waals surface area contributed by atoms with Gasteiger partial charge in [-0.15, -0.1) is 11.3 Å². The van der Waals surface area contributed by atoms with Gasteiger partial charge < -0.3 is 5.32 Å². The second kappa shape index (κ2) is 7.55. The number of nitrogens with one attached hydrogen (secondary N) is 1. The molecule has 0 fully saturated rings. The molecule has 0 amide bonds. The highest BCUT2D eigenvalue weighted by atomic mass is 79.9. The fourth-order valence-electron chi connectivity index (χ4n) is 2.03. The molecule has 0 aliphatic rings. The van der Waals surface area contributed by atoms with Gasteiger partial charge in [0.15, 0.2) is 0 Å². The molecule has 0 aliphatic heterocycles. The first-order valence-corrected chi connectivity index (χ1v) is 8.51. The normalized spacial score (nSPS) is 12.6. The van der Waals surface area contributed by atoms with Gasteiger partial charge in [-0.3, -0.25) is 0 Å². The number of hydrogen-bond acceptors (Lipinski definition) is 2. The van der Waals surface area contributed by atoms with E-state index in [0.717, 1.165) is 33.8 Å². The minimum atomic E-state index is -0.192. The van der Waals surface area contributed by atoms with Crippen molar-refractivity contribution >= 4 is 38.9 Å². The predicted molar refractivity (Wildman–Crippen MR) is 88.2 cm³/mol. The molecule has 1 nitrogen and oxygen atoms in total. The van der Waals surface area contributed by atoms with E-state index in [4.69, 9.17) is 11.6 Å². The number of halogens is 3. The molecule has 2 aromatic rings. The molecule has 0 saturated heterocycles. The van der Waals surface area contributed by atoms with Gasteiger partial charge in [-0.05, 0) is 59.1 Å². The van der Waals surface area contributed by atoms with E-state index < -0.39 is 0 Å². The smallest absolute Gasteiger partial charge is 0.123 e. The van der Waals surface area contributed by atoms with Crippen LogP contribution in [0.3, 0.4) is 0 Å². The van der Waals surface area contributed by atoms with E-state index in [1.54, 1.807) is 23.5 Å². The first-order valence-electron chi connectivity index (χ1n) is 6.52. The first kappa shape index (κ1) is 16.0. The van der Waals surface area contributed by atoms with Gasteiger partial charge in [-0.25, -0.2) is 4.39 Å². The Kier molecular flexibility index (Phi) is 6.02. The highest BCUT2D eigenvalue weighted by molar-refractivity contribution is 9.10. The third kappa shape index (κ3) is 4.29. The van der Waals surface area contributed by atoms with Gasteiger partial charge in [-0.2, -0.15) is 0 Å². The highest BCUT2D eigenvalue weighted by Crippen LogP contribution is 2.36. The van der Waals surface area contributed by atoms with Crippen molar-refractivity contribution in [2.45, 2.75) is 25.8 Å². The Morgan fingerprint density at radius 2 is 2.20 bits per heavy atom. The Morgan fingerprint density at radius 3 is 2.80 bits per heavy atom. The molecule has 5 heteroatoms. The Labute approximate surface area is 136 Å². The summed E-state index contributed by atoms with van der Waals surface area (Å²) >= 11 is 11.1. The molecule has 0 aliphatic carbocycles. The molecule has 1 aromatic heterocycles. The lowest BCUT2D eigenvalue weighted by atomic mass is 10.0. The van der Waals surface area contributed by atoms with Gasteiger partial charge in [0.05, 0.1) is 0 Å². The van der Waals surface area contributed by atoms with Crippen molar-refractivity contribution in [3.8, 4) is 0 Å². The van der Waals surface area contributed by atoms with Crippen LogP contribution in [0.2, 0.25) is 4.34 Å². The third-order valence-corrected chi connectivity index (χ3v) is 5.57. The number of benzene rings is 1. The van der Waals surface area contributed by atoms with Crippen LogP contribution in [0.5, 0.6) is 0 Å². The zero-order chi connectivity index (χ0) is 14.5. The van der Waals surface area contributed by atoms with Crippen molar-refractivity contribution in [2.75, 3.05) is 6.54 Å². The lowest BCUT2D eigenvalue weighted by Gasteiger charge is -2.17. The molecule has 1 atom stereocenters. The summed E-state index contributed by atoms with van der Waals surface area (Å²) in [6.07, 6.45) is 1.81. The summed E-state index contributed by atoms with van der Waals surface area (Å²) in [4.78, 5) is 1.17. The second-order valence-electron chi connectivity index (χ2n) is 4.61. The predicted octanol–water partition coefficient (Wildman–Crippen LogP) is 5.59. The van der Waals surface area contributed by atoms with Crippen LogP contribution in [0.1, 0.15) is 29.8 Å². The van der Waals surface area contributed by atoms with Crippen molar-refractivity contribution in [2.24, 2.45) is 0 Å². The topological polar surface area (TPSA) is 12.0 Å². The van der Waals surface area contributed by atoms with Crippen molar-refractivity contribution in [3.63, 3.8) is 0 Å². The second-order valence-corrected chi connectivity index (χ2v) is 7.15. The van der Waals surface area contributed by atoms with Crippen LogP contribution in [0.25, 0.3) is 0 Å². The Bertz CT molecular complexity index is 553. The van der Waals surface area contributed by atoms with Crippen molar-refractivity contribution < 1.29 is 4.39 Å². The van der Waals surface area contributed by atoms with Gasteiger partial charge in [0.2, 0.25) is 0 Å². The van der Waals surface area contributed by atoms with E-state index in [-0.39, 0.29) is 11.9 Å². The zero-order valence-electron chi connectivity index (χ0n) is 11.1. The molecule has 0 radical (unpaired) electrons. The molecule has 2 rings (SSSR count). The average molecular weight is 377 g/mol. The molecule has 1 N–H and O–H groups in total. The molecule has 0 bridgehead atoms. The van der Waals surface area contributed by atoms with Gasteiger partial charge in [-0.1, -0.05) is 30.7 Å². The van der Waals surface area contributed by atoms with E-state index >= 15 is 0 Å². The highest BCUT2D eigenvalue weighted by Gasteiger charge is 2.16. The van der Waals surface area contributed by atoms with Crippen LogP contribution in [-0.4, -0.2) is 6.54 Å². The Balaban J connectivity index is 2.19. The summed E-state index contributed by atoms with van der Waals surface area (Å²) < 4.78 is 15.0. The fourth-order valence-corrected chi connectivity index (χ4v) is 3.84. The summed E-state index contributed by atoms with van der Waals surface area (Å²) in [5.41, 5.74) is 0.985. The van der Waals surface area contributed by atoms with Gasteiger partial charge in [0, 0.05) is 15.4 Å². The summed E-state index contributed by atoms with van der Waals surface area (Å²) in [5.74, 6) is -0.192. The van der Waals surface area contributed by atoms with E-state index in [2.05, 4.69) is 28.2 Å². The Hall–Kier alpha value is -0.420. The quantitative estimate of drug-likeness (QED) is 0.693. The van der Waals surface area contributed by atoms with Crippen molar-refractivity contribution in [1.29, 1.82) is 0 Å².